The number of carbonyl (C=O) groups is 1. The standard InChI is InChI=1S/C11H13NO2/c12-10-3-4-11(14)8-2-1-7(6-13)5-9(8)10/h1-2,5,10,13H,3-4,6,12H2/t10-/m1/s1. The van der Waals surface area contributed by atoms with Gasteiger partial charge in [-0.15, -0.1) is 0 Å². The Bertz CT molecular complexity index is 374. The first-order chi connectivity index (χ1) is 6.72. The van der Waals surface area contributed by atoms with E-state index in [4.69, 9.17) is 10.8 Å². The summed E-state index contributed by atoms with van der Waals surface area (Å²) in [6.45, 7) is -0.00576. The third-order valence-electron chi connectivity index (χ3n) is 2.68. The largest absolute Gasteiger partial charge is 0.392 e. The average molecular weight is 191 g/mol. The van der Waals surface area contributed by atoms with E-state index in [0.717, 1.165) is 16.7 Å². The van der Waals surface area contributed by atoms with Crippen molar-refractivity contribution >= 4 is 5.78 Å². The van der Waals surface area contributed by atoms with E-state index in [2.05, 4.69) is 0 Å². The lowest BCUT2D eigenvalue weighted by Crippen LogP contribution is -2.21. The molecule has 0 saturated carbocycles. The van der Waals surface area contributed by atoms with E-state index in [1.165, 1.54) is 0 Å². The average Bonchev–Trinajstić information content (AvgIpc) is 2.23. The molecule has 2 rings (SSSR count). The van der Waals surface area contributed by atoms with Gasteiger partial charge in [0.15, 0.2) is 5.78 Å². The highest BCUT2D eigenvalue weighted by atomic mass is 16.3. The topological polar surface area (TPSA) is 63.3 Å². The number of carbonyl (C=O) groups excluding carboxylic acids is 1. The fraction of sp³-hybridized carbons (Fsp3) is 0.364. The molecule has 1 aliphatic carbocycles. The van der Waals surface area contributed by atoms with Crippen LogP contribution in [0.15, 0.2) is 18.2 Å². The summed E-state index contributed by atoms with van der Waals surface area (Å²) in [5, 5.41) is 8.97. The molecule has 74 valence electrons. The summed E-state index contributed by atoms with van der Waals surface area (Å²) >= 11 is 0. The zero-order valence-electron chi connectivity index (χ0n) is 7.86. The summed E-state index contributed by atoms with van der Waals surface area (Å²) in [6.07, 6.45) is 1.24. The van der Waals surface area contributed by atoms with Gasteiger partial charge >= 0.3 is 0 Å². The van der Waals surface area contributed by atoms with Crippen molar-refractivity contribution < 1.29 is 9.90 Å². The van der Waals surface area contributed by atoms with E-state index in [9.17, 15) is 4.79 Å². The molecule has 0 unspecified atom stereocenters. The van der Waals surface area contributed by atoms with E-state index in [-0.39, 0.29) is 18.4 Å². The number of hydrogen-bond donors (Lipinski definition) is 2. The van der Waals surface area contributed by atoms with Crippen LogP contribution >= 0.6 is 0 Å². The third-order valence-corrected chi connectivity index (χ3v) is 2.68. The molecule has 0 amide bonds. The molecule has 1 aromatic rings. The first-order valence-corrected chi connectivity index (χ1v) is 4.75. The number of nitrogens with two attached hydrogens (primary N) is 1. The summed E-state index contributed by atoms with van der Waals surface area (Å²) in [5.41, 5.74) is 8.32. The van der Waals surface area contributed by atoms with Gasteiger partial charge in [0.1, 0.15) is 0 Å². The Kier molecular flexibility index (Phi) is 2.35. The molecule has 1 atom stereocenters. The fourth-order valence-electron chi connectivity index (χ4n) is 1.85. The van der Waals surface area contributed by atoms with Crippen molar-refractivity contribution in [2.75, 3.05) is 0 Å². The molecule has 0 radical (unpaired) electrons. The summed E-state index contributed by atoms with van der Waals surface area (Å²) in [6, 6.07) is 5.31. The van der Waals surface area contributed by atoms with Gasteiger partial charge in [0.25, 0.3) is 0 Å². The molecule has 1 aromatic carbocycles. The van der Waals surface area contributed by atoms with Crippen LogP contribution in [0.3, 0.4) is 0 Å². The van der Waals surface area contributed by atoms with Crippen molar-refractivity contribution in [1.82, 2.24) is 0 Å². The second-order valence-corrected chi connectivity index (χ2v) is 3.65. The number of benzene rings is 1. The number of ketones is 1. The van der Waals surface area contributed by atoms with Gasteiger partial charge in [0.05, 0.1) is 6.61 Å². The Labute approximate surface area is 82.5 Å². The Morgan fingerprint density at radius 3 is 3.00 bits per heavy atom. The van der Waals surface area contributed by atoms with E-state index >= 15 is 0 Å². The Hall–Kier alpha value is -1.19. The molecule has 3 heteroatoms. The first kappa shape index (κ1) is 9.37. The minimum absolute atomic E-state index is 0.00576. The minimum Gasteiger partial charge on any atom is -0.392 e. The fourth-order valence-corrected chi connectivity index (χ4v) is 1.85. The monoisotopic (exact) mass is 191 g/mol. The van der Waals surface area contributed by atoms with Crippen LogP contribution in [0, 0.1) is 0 Å². The highest BCUT2D eigenvalue weighted by molar-refractivity contribution is 5.98. The molecule has 3 nitrogen and oxygen atoms in total. The number of fused-ring (bicyclic) bond motifs is 1. The number of Topliss-reactive ketones (excluding diaryl/α,β-unsaturated/α-hetero) is 1. The summed E-state index contributed by atoms with van der Waals surface area (Å²) in [7, 11) is 0. The molecule has 0 heterocycles. The predicted octanol–water partition coefficient (Wildman–Crippen LogP) is 1.16. The Balaban J connectivity index is 2.50. The van der Waals surface area contributed by atoms with E-state index in [0.29, 0.717) is 12.8 Å². The van der Waals surface area contributed by atoms with E-state index < -0.39 is 0 Å². The SMILES string of the molecule is N[C@@H]1CCC(=O)c2ccc(CO)cc21. The van der Waals surface area contributed by atoms with Crippen molar-refractivity contribution in [2.45, 2.75) is 25.5 Å². The van der Waals surface area contributed by atoms with Crippen LogP contribution < -0.4 is 5.73 Å². The van der Waals surface area contributed by atoms with Crippen LogP contribution in [0.25, 0.3) is 0 Å². The molecular weight excluding hydrogens is 178 g/mol. The van der Waals surface area contributed by atoms with E-state index in [1.807, 2.05) is 6.07 Å². The van der Waals surface area contributed by atoms with Gasteiger partial charge in [-0.25, -0.2) is 0 Å². The molecular formula is C11H13NO2. The van der Waals surface area contributed by atoms with Crippen molar-refractivity contribution in [3.8, 4) is 0 Å². The van der Waals surface area contributed by atoms with Crippen molar-refractivity contribution in [3.05, 3.63) is 34.9 Å². The molecule has 0 aliphatic heterocycles. The molecule has 1 aliphatic rings. The lowest BCUT2D eigenvalue weighted by atomic mass is 9.86. The molecule has 0 spiro atoms. The van der Waals surface area contributed by atoms with Crippen LogP contribution in [-0.2, 0) is 6.61 Å². The minimum atomic E-state index is -0.0609. The van der Waals surface area contributed by atoms with Crippen LogP contribution in [-0.4, -0.2) is 10.9 Å². The van der Waals surface area contributed by atoms with Gasteiger partial charge in [-0.1, -0.05) is 18.2 Å². The van der Waals surface area contributed by atoms with E-state index in [1.54, 1.807) is 12.1 Å². The molecule has 0 aromatic heterocycles. The molecule has 0 saturated heterocycles. The highest BCUT2D eigenvalue weighted by Gasteiger charge is 2.22. The zero-order valence-corrected chi connectivity index (χ0v) is 7.86. The van der Waals surface area contributed by atoms with Gasteiger partial charge in [0.2, 0.25) is 0 Å². The van der Waals surface area contributed by atoms with Gasteiger partial charge in [0, 0.05) is 18.0 Å². The summed E-state index contributed by atoms with van der Waals surface area (Å²) in [4.78, 5) is 11.5. The molecule has 0 bridgehead atoms. The predicted molar refractivity (Wildman–Crippen MR) is 52.9 cm³/mol. The molecule has 3 N–H and O–H groups in total. The van der Waals surface area contributed by atoms with Crippen molar-refractivity contribution in [1.29, 1.82) is 0 Å². The van der Waals surface area contributed by atoms with Crippen LogP contribution in [0.4, 0.5) is 0 Å². The second-order valence-electron chi connectivity index (χ2n) is 3.65. The van der Waals surface area contributed by atoms with Crippen molar-refractivity contribution in [3.63, 3.8) is 0 Å². The van der Waals surface area contributed by atoms with Gasteiger partial charge in [-0.05, 0) is 17.5 Å². The van der Waals surface area contributed by atoms with Gasteiger partial charge < -0.3 is 10.8 Å². The number of aliphatic hydroxyl groups excluding tert-OH is 1. The summed E-state index contributed by atoms with van der Waals surface area (Å²) < 4.78 is 0. The number of hydrogen-bond acceptors (Lipinski definition) is 3. The quantitative estimate of drug-likeness (QED) is 0.700. The van der Waals surface area contributed by atoms with Crippen LogP contribution in [0.1, 0.15) is 40.4 Å². The highest BCUT2D eigenvalue weighted by Crippen LogP contribution is 2.28. The Morgan fingerprint density at radius 1 is 1.50 bits per heavy atom. The second kappa shape index (κ2) is 3.52. The third kappa shape index (κ3) is 1.45. The number of rotatable bonds is 1. The van der Waals surface area contributed by atoms with Crippen LogP contribution in [0.5, 0.6) is 0 Å². The van der Waals surface area contributed by atoms with Gasteiger partial charge in [-0.2, -0.15) is 0 Å². The normalized spacial score (nSPS) is 20.7. The van der Waals surface area contributed by atoms with Gasteiger partial charge in [-0.3, -0.25) is 4.79 Å². The maximum Gasteiger partial charge on any atom is 0.163 e. The maximum absolute atomic E-state index is 11.5. The maximum atomic E-state index is 11.5. The lowest BCUT2D eigenvalue weighted by molar-refractivity contribution is 0.0967. The summed E-state index contributed by atoms with van der Waals surface area (Å²) in [5.74, 6) is 0.159. The number of aliphatic hydroxyl groups is 1. The molecule has 0 fully saturated rings. The van der Waals surface area contributed by atoms with Crippen LogP contribution in [0.2, 0.25) is 0 Å². The smallest absolute Gasteiger partial charge is 0.163 e. The van der Waals surface area contributed by atoms with Crippen molar-refractivity contribution in [2.24, 2.45) is 5.73 Å². The Morgan fingerprint density at radius 2 is 2.29 bits per heavy atom. The zero-order chi connectivity index (χ0) is 10.1. The first-order valence-electron chi connectivity index (χ1n) is 4.75. The lowest BCUT2D eigenvalue weighted by Gasteiger charge is -2.21. The molecule has 14 heavy (non-hydrogen) atoms.